The third kappa shape index (κ3) is 4.90. The molecule has 1 heterocycles. The van der Waals surface area contributed by atoms with Crippen LogP contribution in [0.4, 0.5) is 13.2 Å². The number of carboxylic acids is 1. The van der Waals surface area contributed by atoms with Crippen molar-refractivity contribution >= 4 is 11.9 Å². The largest absolute Gasteiger partial charge is 0.479 e. The van der Waals surface area contributed by atoms with Gasteiger partial charge in [0, 0.05) is 6.54 Å². The smallest absolute Gasteiger partial charge is 0.416 e. The molecule has 1 saturated heterocycles. The molecule has 0 aliphatic carbocycles. The average Bonchev–Trinajstić information content (AvgIpc) is 3.06. The van der Waals surface area contributed by atoms with Gasteiger partial charge >= 0.3 is 12.1 Å². The lowest BCUT2D eigenvalue weighted by atomic mass is 9.86. The fourth-order valence-electron chi connectivity index (χ4n) is 3.96. The zero-order valence-electron chi connectivity index (χ0n) is 17.1. The number of halogens is 3. The number of carbonyl (C=O) groups is 2. The first kappa shape index (κ1) is 22.8. The molecule has 0 bridgehead atoms. The van der Waals surface area contributed by atoms with Crippen molar-refractivity contribution in [3.8, 4) is 0 Å². The van der Waals surface area contributed by atoms with Crippen molar-refractivity contribution in [3.05, 3.63) is 71.3 Å². The fraction of sp³-hybridized carbons (Fsp3) is 0.391. The second kappa shape index (κ2) is 9.09. The molecule has 2 aromatic rings. The molecule has 2 atom stereocenters. The first-order valence-electron chi connectivity index (χ1n) is 9.96. The van der Waals surface area contributed by atoms with Gasteiger partial charge in [-0.3, -0.25) is 4.79 Å². The van der Waals surface area contributed by atoms with Crippen LogP contribution in [0.2, 0.25) is 0 Å². The highest BCUT2D eigenvalue weighted by atomic mass is 19.4. The molecule has 8 heteroatoms. The van der Waals surface area contributed by atoms with Crippen LogP contribution < -0.4 is 0 Å². The van der Waals surface area contributed by atoms with E-state index in [0.717, 1.165) is 17.7 Å². The summed E-state index contributed by atoms with van der Waals surface area (Å²) in [6.45, 7) is 2.06. The maximum Gasteiger partial charge on any atom is 0.416 e. The molecule has 1 fully saturated rings. The molecule has 1 aliphatic rings. The second-order valence-electron chi connectivity index (χ2n) is 7.81. The van der Waals surface area contributed by atoms with E-state index in [1.165, 1.54) is 17.0 Å². The van der Waals surface area contributed by atoms with Crippen LogP contribution >= 0.6 is 0 Å². The maximum absolute atomic E-state index is 13.0. The van der Waals surface area contributed by atoms with E-state index in [4.69, 9.17) is 4.74 Å². The molecule has 166 valence electrons. The Morgan fingerprint density at radius 1 is 1.10 bits per heavy atom. The van der Waals surface area contributed by atoms with Crippen molar-refractivity contribution in [1.29, 1.82) is 0 Å². The number of hydrogen-bond acceptors (Lipinski definition) is 3. The molecule has 0 aromatic heterocycles. The number of nitrogens with zero attached hydrogens (tertiary/aromatic N) is 1. The molecule has 1 N–H and O–H groups in total. The Morgan fingerprint density at radius 2 is 1.74 bits per heavy atom. The minimum atomic E-state index is -4.46. The predicted molar refractivity (Wildman–Crippen MR) is 107 cm³/mol. The summed E-state index contributed by atoms with van der Waals surface area (Å²) in [6, 6.07) is 13.6. The van der Waals surface area contributed by atoms with Gasteiger partial charge in [0.25, 0.3) is 0 Å². The van der Waals surface area contributed by atoms with E-state index >= 15 is 0 Å². The van der Waals surface area contributed by atoms with Gasteiger partial charge in [-0.05, 0) is 35.6 Å². The van der Waals surface area contributed by atoms with Gasteiger partial charge < -0.3 is 14.7 Å². The predicted octanol–water partition coefficient (Wildman–Crippen LogP) is 4.16. The van der Waals surface area contributed by atoms with E-state index in [2.05, 4.69) is 0 Å². The van der Waals surface area contributed by atoms with E-state index in [1.54, 1.807) is 6.92 Å². The molecule has 0 spiro atoms. The Labute approximate surface area is 178 Å². The molecule has 5 nitrogen and oxygen atoms in total. The summed E-state index contributed by atoms with van der Waals surface area (Å²) in [5.74, 6) is -1.93. The zero-order chi connectivity index (χ0) is 22.6. The number of alkyl halides is 3. The van der Waals surface area contributed by atoms with Crippen LogP contribution in [-0.4, -0.2) is 40.6 Å². The standard InChI is InChI=1S/C23H24F3NO4/c1-16-11-12-27(20(28)13-17-7-9-19(10-8-17)23(24,25)26)22(16,21(29)30)15-31-14-18-5-3-2-4-6-18/h2-10,16H,11-15H2,1H3,(H,29,30)/t16?,22-/m0/s1. The lowest BCUT2D eigenvalue weighted by Crippen LogP contribution is -2.59. The summed E-state index contributed by atoms with van der Waals surface area (Å²) in [4.78, 5) is 26.6. The number of amides is 1. The van der Waals surface area contributed by atoms with Crippen molar-refractivity contribution in [1.82, 2.24) is 4.90 Å². The highest BCUT2D eigenvalue weighted by molar-refractivity contribution is 5.89. The van der Waals surface area contributed by atoms with Crippen molar-refractivity contribution in [3.63, 3.8) is 0 Å². The van der Waals surface area contributed by atoms with Gasteiger partial charge in [0.15, 0.2) is 5.54 Å². The molecule has 0 saturated carbocycles. The first-order valence-corrected chi connectivity index (χ1v) is 9.96. The highest BCUT2D eigenvalue weighted by Gasteiger charge is 2.55. The normalized spacial score (nSPS) is 21.3. The number of benzene rings is 2. The number of carboxylic acid groups (broad SMARTS) is 1. The van der Waals surface area contributed by atoms with Crippen LogP contribution in [0.15, 0.2) is 54.6 Å². The molecule has 2 aromatic carbocycles. The van der Waals surface area contributed by atoms with Crippen LogP contribution in [0.3, 0.4) is 0 Å². The summed E-state index contributed by atoms with van der Waals surface area (Å²) in [6.07, 6.45) is -4.14. The SMILES string of the molecule is CC1CCN(C(=O)Cc2ccc(C(F)(F)F)cc2)[C@]1(COCc1ccccc1)C(=O)O. The van der Waals surface area contributed by atoms with E-state index in [-0.39, 0.29) is 32.1 Å². The summed E-state index contributed by atoms with van der Waals surface area (Å²) in [5, 5.41) is 10.0. The molecular formula is C23H24F3NO4. The van der Waals surface area contributed by atoms with Gasteiger partial charge in [0.2, 0.25) is 5.91 Å². The zero-order valence-corrected chi connectivity index (χ0v) is 17.1. The van der Waals surface area contributed by atoms with Gasteiger partial charge in [-0.1, -0.05) is 49.4 Å². The van der Waals surface area contributed by atoms with Crippen LogP contribution in [-0.2, 0) is 33.5 Å². The number of ether oxygens (including phenoxy) is 1. The quantitative estimate of drug-likeness (QED) is 0.710. The number of rotatable bonds is 7. The number of hydrogen-bond donors (Lipinski definition) is 1. The Morgan fingerprint density at radius 3 is 2.32 bits per heavy atom. The first-order chi connectivity index (χ1) is 14.6. The van der Waals surface area contributed by atoms with Crippen molar-refractivity contribution < 1.29 is 32.6 Å². The second-order valence-corrected chi connectivity index (χ2v) is 7.81. The third-order valence-electron chi connectivity index (χ3n) is 5.82. The van der Waals surface area contributed by atoms with Gasteiger partial charge in [-0.15, -0.1) is 0 Å². The lowest BCUT2D eigenvalue weighted by molar-refractivity contribution is -0.164. The summed E-state index contributed by atoms with van der Waals surface area (Å²) >= 11 is 0. The summed E-state index contributed by atoms with van der Waals surface area (Å²) < 4.78 is 44.0. The van der Waals surface area contributed by atoms with Gasteiger partial charge in [0.05, 0.1) is 25.2 Å². The highest BCUT2D eigenvalue weighted by Crippen LogP contribution is 2.37. The fourth-order valence-corrected chi connectivity index (χ4v) is 3.96. The molecule has 31 heavy (non-hydrogen) atoms. The minimum absolute atomic E-state index is 0.169. The van der Waals surface area contributed by atoms with Crippen molar-refractivity contribution in [2.24, 2.45) is 5.92 Å². The van der Waals surface area contributed by atoms with Crippen LogP contribution in [0.5, 0.6) is 0 Å². The number of aliphatic carboxylic acids is 1. The molecule has 1 aliphatic heterocycles. The maximum atomic E-state index is 13.0. The van der Waals surface area contributed by atoms with Crippen molar-refractivity contribution in [2.45, 2.75) is 38.1 Å². The average molecular weight is 435 g/mol. The van der Waals surface area contributed by atoms with Crippen LogP contribution in [0, 0.1) is 5.92 Å². The molecule has 1 amide bonds. The van der Waals surface area contributed by atoms with Gasteiger partial charge in [-0.25, -0.2) is 4.79 Å². The summed E-state index contributed by atoms with van der Waals surface area (Å²) in [5.41, 5.74) is -1.04. The monoisotopic (exact) mass is 435 g/mol. The van der Waals surface area contributed by atoms with Gasteiger partial charge in [-0.2, -0.15) is 13.2 Å². The summed E-state index contributed by atoms with van der Waals surface area (Å²) in [7, 11) is 0. The number of carbonyl (C=O) groups excluding carboxylic acids is 1. The Balaban J connectivity index is 1.74. The molecule has 1 unspecified atom stereocenters. The molecule has 3 rings (SSSR count). The van der Waals surface area contributed by atoms with E-state index < -0.39 is 29.2 Å². The molecular weight excluding hydrogens is 411 g/mol. The van der Waals surface area contributed by atoms with E-state index in [9.17, 15) is 27.9 Å². The number of likely N-dealkylation sites (tertiary alicyclic amines) is 1. The van der Waals surface area contributed by atoms with Crippen molar-refractivity contribution in [2.75, 3.05) is 13.2 Å². The van der Waals surface area contributed by atoms with E-state index in [0.29, 0.717) is 12.0 Å². The topological polar surface area (TPSA) is 66.8 Å². The van der Waals surface area contributed by atoms with Crippen LogP contribution in [0.1, 0.15) is 30.0 Å². The van der Waals surface area contributed by atoms with Gasteiger partial charge in [0.1, 0.15) is 0 Å². The minimum Gasteiger partial charge on any atom is -0.479 e. The van der Waals surface area contributed by atoms with Crippen LogP contribution in [0.25, 0.3) is 0 Å². The lowest BCUT2D eigenvalue weighted by Gasteiger charge is -2.37. The Bertz CT molecular complexity index is 915. The Hall–Kier alpha value is -2.87. The Kier molecular flexibility index (Phi) is 6.69. The van der Waals surface area contributed by atoms with E-state index in [1.807, 2.05) is 30.3 Å². The third-order valence-corrected chi connectivity index (χ3v) is 5.82. The molecule has 0 radical (unpaired) electrons.